The number of carbonyl (C=O) groups excluding carboxylic acids is 4. The topological polar surface area (TPSA) is 278 Å². The summed E-state index contributed by atoms with van der Waals surface area (Å²) in [5.74, 6) is -4.45. The van der Waals surface area contributed by atoms with E-state index in [1.54, 1.807) is 0 Å². The second kappa shape index (κ2) is 15.1. The van der Waals surface area contributed by atoms with Gasteiger partial charge in [-0.1, -0.05) is 0 Å². The van der Waals surface area contributed by atoms with Crippen LogP contribution in [0.4, 0.5) is 0 Å². The van der Waals surface area contributed by atoms with Gasteiger partial charge in [0, 0.05) is 6.42 Å². The van der Waals surface area contributed by atoms with Crippen LogP contribution in [0.5, 0.6) is 0 Å². The highest BCUT2D eigenvalue weighted by Gasteiger charge is 2.36. The van der Waals surface area contributed by atoms with Crippen molar-refractivity contribution < 1.29 is 59.4 Å². The van der Waals surface area contributed by atoms with Crippen molar-refractivity contribution in [3.63, 3.8) is 0 Å². The number of amides is 3. The first kappa shape index (κ1) is 29.3. The fraction of sp³-hybridized carbons (Fsp3) is 0.688. The van der Waals surface area contributed by atoms with Gasteiger partial charge in [0.2, 0.25) is 17.7 Å². The Hall–Kier alpha value is -2.73. The highest BCUT2D eigenvalue weighted by molar-refractivity contribution is 5.89. The Kier molecular flexibility index (Phi) is 13.8. The van der Waals surface area contributed by atoms with Crippen LogP contribution in [0.3, 0.4) is 0 Å². The summed E-state index contributed by atoms with van der Waals surface area (Å²) < 4.78 is 0. The molecule has 0 saturated carbocycles. The molecule has 32 heavy (non-hydrogen) atoms. The highest BCUT2D eigenvalue weighted by Crippen LogP contribution is 2.09. The Morgan fingerprint density at radius 2 is 1.62 bits per heavy atom. The minimum Gasteiger partial charge on any atom is -0.481 e. The molecule has 0 radical (unpaired) electrons. The average Bonchev–Trinajstić information content (AvgIpc) is 2.76. The minimum atomic E-state index is -2.00. The first-order valence-electron chi connectivity index (χ1n) is 9.18. The molecule has 0 aliphatic rings. The number of hydrogen-bond donors (Lipinski definition) is 10. The van der Waals surface area contributed by atoms with Crippen LogP contribution in [0.2, 0.25) is 0 Å². The quantitative estimate of drug-likeness (QED) is 0.0703. The molecule has 184 valence electrons. The average molecular weight is 468 g/mol. The van der Waals surface area contributed by atoms with Gasteiger partial charge in [0.25, 0.3) is 0 Å². The van der Waals surface area contributed by atoms with Gasteiger partial charge in [-0.15, -0.1) is 0 Å². The number of aldehydes is 1. The molecule has 0 bridgehead atoms. The lowest BCUT2D eigenvalue weighted by Gasteiger charge is -2.31. The van der Waals surface area contributed by atoms with E-state index in [1.165, 1.54) is 0 Å². The van der Waals surface area contributed by atoms with E-state index in [1.807, 2.05) is 10.8 Å². The van der Waals surface area contributed by atoms with E-state index in [0.29, 0.717) is 0 Å². The number of aliphatic hydroxyl groups excluding tert-OH is 5. The third-order valence-electron chi connectivity index (χ3n) is 4.04. The van der Waals surface area contributed by atoms with Gasteiger partial charge in [0.1, 0.15) is 49.3 Å². The Bertz CT molecular complexity index is 649. The fourth-order valence-corrected chi connectivity index (χ4v) is 2.27. The van der Waals surface area contributed by atoms with Gasteiger partial charge >= 0.3 is 5.97 Å². The lowest BCUT2D eigenvalue weighted by Crippen LogP contribution is -2.59. The first-order chi connectivity index (χ1) is 15.0. The standard InChI is InChI=1S/C16H28N4O12/c17-15(30)7(1-2-12(27)28)19-16(31)9(4-22)20-32-14(13(29)10(25)5-23)8(3-21)18-11(26)6-24/h3,7-10,13-14,20,22-25,29H,1-2,4-6H2,(H2,17,30)(H,18,26)(H,19,31)(H,27,28)/t7-,8+,9+,10-,13-,14-/m1/s1. The summed E-state index contributed by atoms with van der Waals surface area (Å²) in [7, 11) is 0. The zero-order chi connectivity index (χ0) is 24.8. The third kappa shape index (κ3) is 10.1. The molecular weight excluding hydrogens is 440 g/mol. The molecule has 0 aliphatic carbocycles. The van der Waals surface area contributed by atoms with Crippen LogP contribution in [-0.4, -0.2) is 117 Å². The maximum atomic E-state index is 12.3. The van der Waals surface area contributed by atoms with Gasteiger partial charge in [-0.3, -0.25) is 24.0 Å². The molecule has 3 amide bonds. The maximum Gasteiger partial charge on any atom is 0.303 e. The highest BCUT2D eigenvalue weighted by atomic mass is 16.7. The van der Waals surface area contributed by atoms with Crippen molar-refractivity contribution in [1.29, 1.82) is 0 Å². The van der Waals surface area contributed by atoms with Crippen LogP contribution in [0.25, 0.3) is 0 Å². The van der Waals surface area contributed by atoms with Crippen molar-refractivity contribution in [2.75, 3.05) is 19.8 Å². The molecule has 0 aliphatic heterocycles. The molecule has 0 fully saturated rings. The predicted molar refractivity (Wildman–Crippen MR) is 101 cm³/mol. The summed E-state index contributed by atoms with van der Waals surface area (Å²) in [5, 5.41) is 59.7. The molecule has 0 rings (SSSR count). The van der Waals surface area contributed by atoms with E-state index in [9.17, 15) is 39.3 Å². The van der Waals surface area contributed by atoms with Crippen LogP contribution in [0, 0.1) is 0 Å². The zero-order valence-corrected chi connectivity index (χ0v) is 16.8. The molecule has 0 aromatic rings. The molecule has 0 heterocycles. The smallest absolute Gasteiger partial charge is 0.303 e. The second-order valence-electron chi connectivity index (χ2n) is 6.46. The number of hydrogen-bond acceptors (Lipinski definition) is 12. The normalized spacial score (nSPS) is 16.7. The summed E-state index contributed by atoms with van der Waals surface area (Å²) >= 11 is 0. The SMILES string of the molecule is NC(=O)[C@@H](CCC(=O)O)NC(=O)[C@H](CO)NO[C@@H]([C@H](O)[C@H](O)CO)[C@H](C=O)NC(=O)CO. The van der Waals surface area contributed by atoms with E-state index in [-0.39, 0.29) is 12.7 Å². The number of carboxylic acid groups (broad SMARTS) is 1. The van der Waals surface area contributed by atoms with E-state index < -0.39 is 86.4 Å². The van der Waals surface area contributed by atoms with Crippen molar-refractivity contribution in [3.05, 3.63) is 0 Å². The Morgan fingerprint density at radius 1 is 1.00 bits per heavy atom. The molecule has 16 nitrogen and oxygen atoms in total. The van der Waals surface area contributed by atoms with E-state index in [2.05, 4.69) is 5.32 Å². The Morgan fingerprint density at radius 3 is 2.06 bits per heavy atom. The van der Waals surface area contributed by atoms with Crippen molar-refractivity contribution in [1.82, 2.24) is 16.1 Å². The number of primary amides is 1. The van der Waals surface area contributed by atoms with Crippen LogP contribution < -0.4 is 21.8 Å². The van der Waals surface area contributed by atoms with Gasteiger partial charge in [0.05, 0.1) is 13.2 Å². The molecule has 0 aromatic carbocycles. The predicted octanol–water partition coefficient (Wildman–Crippen LogP) is -6.54. The first-order valence-corrected chi connectivity index (χ1v) is 9.18. The summed E-state index contributed by atoms with van der Waals surface area (Å²) in [4.78, 5) is 62.0. The molecule has 0 aromatic heterocycles. The van der Waals surface area contributed by atoms with Gasteiger partial charge in [-0.25, -0.2) is 0 Å². The number of rotatable bonds is 17. The molecule has 0 spiro atoms. The number of carbonyl (C=O) groups is 5. The van der Waals surface area contributed by atoms with E-state index in [0.717, 1.165) is 0 Å². The molecule has 6 atom stereocenters. The molecule has 11 N–H and O–H groups in total. The summed E-state index contributed by atoms with van der Waals surface area (Å²) in [5.41, 5.74) is 7.08. The van der Waals surface area contributed by atoms with Crippen LogP contribution in [0.1, 0.15) is 12.8 Å². The summed E-state index contributed by atoms with van der Waals surface area (Å²) in [6.07, 6.45) is -6.45. The van der Waals surface area contributed by atoms with Crippen LogP contribution >= 0.6 is 0 Å². The number of aliphatic carboxylic acids is 1. The lowest BCUT2D eigenvalue weighted by atomic mass is 10.0. The largest absolute Gasteiger partial charge is 0.481 e. The summed E-state index contributed by atoms with van der Waals surface area (Å²) in [6, 6.07) is -4.74. The van der Waals surface area contributed by atoms with Gasteiger partial charge in [0.15, 0.2) is 0 Å². The number of carboxylic acids is 1. The van der Waals surface area contributed by atoms with E-state index >= 15 is 0 Å². The van der Waals surface area contributed by atoms with Crippen molar-refractivity contribution in [2.45, 2.75) is 49.3 Å². The minimum absolute atomic E-state index is 0.0796. The van der Waals surface area contributed by atoms with E-state index in [4.69, 9.17) is 25.9 Å². The number of hydroxylamine groups is 1. The van der Waals surface area contributed by atoms with Crippen LogP contribution in [0.15, 0.2) is 0 Å². The molecule has 0 saturated heterocycles. The van der Waals surface area contributed by atoms with Crippen LogP contribution in [-0.2, 0) is 28.8 Å². The third-order valence-corrected chi connectivity index (χ3v) is 4.04. The number of nitrogens with two attached hydrogens (primary N) is 1. The number of nitrogens with one attached hydrogen (secondary N) is 3. The van der Waals surface area contributed by atoms with Gasteiger partial charge in [-0.2, -0.15) is 5.48 Å². The van der Waals surface area contributed by atoms with Crippen molar-refractivity contribution in [3.8, 4) is 0 Å². The molecular formula is C16H28N4O12. The maximum absolute atomic E-state index is 12.3. The van der Waals surface area contributed by atoms with Gasteiger partial charge in [-0.05, 0) is 6.42 Å². The lowest BCUT2D eigenvalue weighted by molar-refractivity contribution is -0.163. The Labute approximate surface area is 181 Å². The fourth-order valence-electron chi connectivity index (χ4n) is 2.27. The monoisotopic (exact) mass is 468 g/mol. The number of aliphatic hydroxyl groups is 5. The molecule has 0 unspecified atom stereocenters. The van der Waals surface area contributed by atoms with Crippen molar-refractivity contribution in [2.24, 2.45) is 5.73 Å². The Balaban J connectivity index is 5.38. The van der Waals surface area contributed by atoms with Gasteiger partial charge < -0.3 is 51.8 Å². The molecule has 16 heteroatoms. The second-order valence-corrected chi connectivity index (χ2v) is 6.46. The van der Waals surface area contributed by atoms with Crippen molar-refractivity contribution >= 4 is 30.0 Å². The summed E-state index contributed by atoms with van der Waals surface area (Å²) in [6.45, 7) is -2.97. The zero-order valence-electron chi connectivity index (χ0n) is 16.8.